The third kappa shape index (κ3) is 7.50. The van der Waals surface area contributed by atoms with E-state index in [-0.39, 0.29) is 4.91 Å². The van der Waals surface area contributed by atoms with Crippen molar-refractivity contribution in [3.05, 3.63) is 36.0 Å². The molecule has 0 aromatic carbocycles. The van der Waals surface area contributed by atoms with Crippen LogP contribution < -0.4 is 0 Å². The average molecular weight is 160 g/mol. The third-order valence-electron chi connectivity index (χ3n) is 0.554. The van der Waals surface area contributed by atoms with Gasteiger partial charge in [-0.25, -0.2) is 4.39 Å². The lowest BCUT2D eigenvalue weighted by molar-refractivity contribution is 0.668. The van der Waals surface area contributed by atoms with E-state index in [1.165, 1.54) is 12.2 Å². The molecule has 0 saturated carbocycles. The zero-order chi connectivity index (χ0) is 8.57. The molecule has 10 heavy (non-hydrogen) atoms. The molecule has 0 saturated heterocycles. The lowest BCUT2D eigenvalue weighted by Crippen LogP contribution is -1.66. The largest absolute Gasteiger partial charge is 0.206 e. The lowest BCUT2D eigenvalue weighted by atomic mass is 10.4. The summed E-state index contributed by atoms with van der Waals surface area (Å²) in [6, 6.07) is 0. The van der Waals surface area contributed by atoms with Gasteiger partial charge in [-0.1, -0.05) is 33.1 Å². The van der Waals surface area contributed by atoms with Crippen molar-refractivity contribution < 1.29 is 4.39 Å². The van der Waals surface area contributed by atoms with Crippen LogP contribution >= 0.6 is 12.6 Å². The first-order valence-corrected chi connectivity index (χ1v) is 3.49. The van der Waals surface area contributed by atoms with Gasteiger partial charge in [-0.05, 0) is 6.08 Å². The Morgan fingerprint density at radius 3 is 2.00 bits per heavy atom. The molecule has 0 radical (unpaired) electrons. The van der Waals surface area contributed by atoms with E-state index in [9.17, 15) is 4.39 Å². The van der Waals surface area contributed by atoms with Crippen LogP contribution in [0.4, 0.5) is 4.39 Å². The van der Waals surface area contributed by atoms with Crippen molar-refractivity contribution in [2.75, 3.05) is 0 Å². The normalized spacial score (nSPS) is 9.40. The topological polar surface area (TPSA) is 0 Å². The van der Waals surface area contributed by atoms with Gasteiger partial charge < -0.3 is 0 Å². The molecular weight excluding hydrogens is 147 g/mol. The Kier molecular flexibility index (Phi) is 10.4. The van der Waals surface area contributed by atoms with Crippen molar-refractivity contribution in [2.24, 2.45) is 0 Å². The second kappa shape index (κ2) is 8.50. The van der Waals surface area contributed by atoms with Crippen molar-refractivity contribution in [1.29, 1.82) is 0 Å². The highest BCUT2D eigenvalue weighted by Gasteiger charge is 1.89. The molecule has 58 valence electrons. The fourth-order valence-electron chi connectivity index (χ4n) is 0.202. The van der Waals surface area contributed by atoms with Gasteiger partial charge in [0, 0.05) is 4.91 Å². The Hall–Kier alpha value is -0.500. The highest BCUT2D eigenvalue weighted by Crippen LogP contribution is 2.11. The van der Waals surface area contributed by atoms with E-state index >= 15 is 0 Å². The molecule has 0 rings (SSSR count). The molecule has 0 aromatic rings. The van der Waals surface area contributed by atoms with Gasteiger partial charge in [0.2, 0.25) is 0 Å². The van der Waals surface area contributed by atoms with Crippen LogP contribution in [0.15, 0.2) is 36.0 Å². The van der Waals surface area contributed by atoms with Crippen LogP contribution in [0.5, 0.6) is 0 Å². The Morgan fingerprint density at radius 2 is 1.90 bits per heavy atom. The lowest BCUT2D eigenvalue weighted by Gasteiger charge is -1.87. The number of thiol groups is 1. The van der Waals surface area contributed by atoms with E-state index in [0.29, 0.717) is 0 Å². The fourth-order valence-corrected chi connectivity index (χ4v) is 0.307. The maximum Gasteiger partial charge on any atom is 0.129 e. The zero-order valence-electron chi connectivity index (χ0n) is 6.39. The molecule has 0 nitrogen and oxygen atoms in total. The maximum absolute atomic E-state index is 11.9. The molecule has 0 amide bonds. The van der Waals surface area contributed by atoms with Crippen molar-refractivity contribution in [3.63, 3.8) is 0 Å². The minimum atomic E-state index is -0.534. The third-order valence-corrected chi connectivity index (χ3v) is 0.945. The Morgan fingerprint density at radius 1 is 1.50 bits per heavy atom. The van der Waals surface area contributed by atoms with Crippen LogP contribution in [-0.2, 0) is 0 Å². The molecule has 0 fully saturated rings. The SMILES string of the molecule is C=C/C=C(/S)C(=C)F.CC. The van der Waals surface area contributed by atoms with Gasteiger partial charge in [0.1, 0.15) is 5.83 Å². The highest BCUT2D eigenvalue weighted by molar-refractivity contribution is 7.84. The summed E-state index contributed by atoms with van der Waals surface area (Å²) >= 11 is 3.72. The summed E-state index contributed by atoms with van der Waals surface area (Å²) in [5, 5.41) is 0. The molecule has 0 aliphatic heterocycles. The van der Waals surface area contributed by atoms with Crippen molar-refractivity contribution in [1.82, 2.24) is 0 Å². The Bertz CT molecular complexity index is 136. The summed E-state index contributed by atoms with van der Waals surface area (Å²) in [5.74, 6) is -0.534. The Labute approximate surface area is 67.6 Å². The molecule has 0 unspecified atom stereocenters. The predicted molar refractivity (Wildman–Crippen MR) is 48.9 cm³/mol. The first-order valence-electron chi connectivity index (χ1n) is 3.05. The van der Waals surface area contributed by atoms with E-state index in [1.54, 1.807) is 0 Å². The molecule has 0 atom stereocenters. The summed E-state index contributed by atoms with van der Waals surface area (Å²) in [7, 11) is 0. The average Bonchev–Trinajstić information content (AvgIpc) is 1.93. The van der Waals surface area contributed by atoms with E-state index < -0.39 is 5.83 Å². The second-order valence-electron chi connectivity index (χ2n) is 1.19. The van der Waals surface area contributed by atoms with Gasteiger partial charge in [-0.15, -0.1) is 12.6 Å². The molecule has 0 bridgehead atoms. The standard InChI is InChI=1S/C6H7FS.C2H6/c1-3-4-6(8)5(2)7;1-2/h3-4,8H,1-2H2;1-2H3/b6-4+;. The van der Waals surface area contributed by atoms with Crippen molar-refractivity contribution in [2.45, 2.75) is 13.8 Å². The molecule has 2 heteroatoms. The van der Waals surface area contributed by atoms with Gasteiger partial charge in [0.15, 0.2) is 0 Å². The number of hydrogen-bond donors (Lipinski definition) is 1. The molecule has 0 aliphatic carbocycles. The van der Waals surface area contributed by atoms with Crippen LogP contribution in [-0.4, -0.2) is 0 Å². The molecule has 0 spiro atoms. The summed E-state index contributed by atoms with van der Waals surface area (Å²) < 4.78 is 11.9. The summed E-state index contributed by atoms with van der Waals surface area (Å²) in [5.41, 5.74) is 0. The molecular formula is C8H13FS. The number of rotatable bonds is 2. The van der Waals surface area contributed by atoms with Crippen LogP contribution in [0.3, 0.4) is 0 Å². The first-order chi connectivity index (χ1) is 4.68. The minimum absolute atomic E-state index is 0.222. The summed E-state index contributed by atoms with van der Waals surface area (Å²) in [6.45, 7) is 10.4. The van der Waals surface area contributed by atoms with Crippen LogP contribution in [0.1, 0.15) is 13.8 Å². The van der Waals surface area contributed by atoms with Gasteiger partial charge >= 0.3 is 0 Å². The molecule has 0 aliphatic rings. The van der Waals surface area contributed by atoms with Crippen molar-refractivity contribution in [3.8, 4) is 0 Å². The minimum Gasteiger partial charge on any atom is -0.206 e. The van der Waals surface area contributed by atoms with E-state index in [1.807, 2.05) is 13.8 Å². The fraction of sp³-hybridized carbons (Fsp3) is 0.250. The number of hydrogen-bond acceptors (Lipinski definition) is 1. The van der Waals surface area contributed by atoms with Gasteiger partial charge in [0.25, 0.3) is 0 Å². The second-order valence-corrected chi connectivity index (χ2v) is 1.67. The Balaban J connectivity index is 0. The van der Waals surface area contributed by atoms with Gasteiger partial charge in [0.05, 0.1) is 0 Å². The van der Waals surface area contributed by atoms with Crippen molar-refractivity contribution >= 4 is 12.6 Å². The van der Waals surface area contributed by atoms with E-state index in [2.05, 4.69) is 25.8 Å². The zero-order valence-corrected chi connectivity index (χ0v) is 7.29. The molecule has 0 heterocycles. The first kappa shape index (κ1) is 12.2. The molecule has 0 aromatic heterocycles. The number of halogens is 1. The summed E-state index contributed by atoms with van der Waals surface area (Å²) in [4.78, 5) is 0.222. The van der Waals surface area contributed by atoms with Crippen LogP contribution in [0.25, 0.3) is 0 Å². The van der Waals surface area contributed by atoms with Crippen LogP contribution in [0, 0.1) is 0 Å². The van der Waals surface area contributed by atoms with Gasteiger partial charge in [-0.3, -0.25) is 0 Å². The highest BCUT2D eigenvalue weighted by atomic mass is 32.1. The number of allylic oxidation sites excluding steroid dienone is 3. The van der Waals surface area contributed by atoms with Gasteiger partial charge in [-0.2, -0.15) is 0 Å². The monoisotopic (exact) mass is 160 g/mol. The van der Waals surface area contributed by atoms with E-state index in [0.717, 1.165) is 0 Å². The molecule has 0 N–H and O–H groups in total. The quantitative estimate of drug-likeness (QED) is 0.464. The van der Waals surface area contributed by atoms with Crippen LogP contribution in [0.2, 0.25) is 0 Å². The van der Waals surface area contributed by atoms with E-state index in [4.69, 9.17) is 0 Å². The predicted octanol–water partition coefficient (Wildman–Crippen LogP) is 3.50. The summed E-state index contributed by atoms with van der Waals surface area (Å²) in [6.07, 6.45) is 2.89. The smallest absolute Gasteiger partial charge is 0.129 e. The maximum atomic E-state index is 11.9.